The molecule has 0 aromatic rings. The lowest BCUT2D eigenvalue weighted by molar-refractivity contribution is -0.870. The van der Waals surface area contributed by atoms with Crippen molar-refractivity contribution in [1.29, 1.82) is 0 Å². The summed E-state index contributed by atoms with van der Waals surface area (Å²) in [5, 5.41) is 0. The van der Waals surface area contributed by atoms with Crippen molar-refractivity contribution in [3.63, 3.8) is 0 Å². The number of phosphoric ester groups is 1. The van der Waals surface area contributed by atoms with Crippen LogP contribution in [0.4, 0.5) is 0 Å². The Morgan fingerprint density at radius 1 is 0.620 bits per heavy atom. The van der Waals surface area contributed by atoms with Crippen LogP contribution in [0, 0.1) is 0 Å². The summed E-state index contributed by atoms with van der Waals surface area (Å²) in [7, 11) is 1.34. The Morgan fingerprint density at radius 2 is 1.12 bits per heavy atom. The minimum atomic E-state index is -4.52. The molecule has 0 aromatic heterocycles. The van der Waals surface area contributed by atoms with Gasteiger partial charge in [-0.05, 0) is 64.2 Å². The zero-order chi connectivity index (χ0) is 37.0. The molecule has 0 fully saturated rings. The van der Waals surface area contributed by atoms with Crippen LogP contribution >= 0.6 is 7.82 Å². The summed E-state index contributed by atoms with van der Waals surface area (Å²) in [5.41, 5.74) is 0. The Morgan fingerprint density at radius 3 is 1.70 bits per heavy atom. The summed E-state index contributed by atoms with van der Waals surface area (Å²) in [6.45, 7) is 5.31. The van der Waals surface area contributed by atoms with Gasteiger partial charge in [0.1, 0.15) is 19.3 Å². The van der Waals surface area contributed by atoms with Gasteiger partial charge >= 0.3 is 5.97 Å². The van der Waals surface area contributed by atoms with E-state index in [1.807, 2.05) is 21.1 Å². The highest BCUT2D eigenvalue weighted by molar-refractivity contribution is 7.45. The number of carbonyl (C=O) groups is 1. The number of allylic oxidation sites excluding steroid dienone is 6. The van der Waals surface area contributed by atoms with Crippen molar-refractivity contribution in [2.75, 3.05) is 54.1 Å². The van der Waals surface area contributed by atoms with Crippen LogP contribution in [0.5, 0.6) is 0 Å². The van der Waals surface area contributed by atoms with Crippen LogP contribution in [0.3, 0.4) is 0 Å². The highest BCUT2D eigenvalue weighted by Crippen LogP contribution is 2.38. The molecule has 0 heterocycles. The van der Waals surface area contributed by atoms with Gasteiger partial charge in [-0.2, -0.15) is 0 Å². The van der Waals surface area contributed by atoms with Gasteiger partial charge in [0.15, 0.2) is 0 Å². The van der Waals surface area contributed by atoms with E-state index in [0.717, 1.165) is 64.2 Å². The predicted molar refractivity (Wildman–Crippen MR) is 208 cm³/mol. The molecule has 50 heavy (non-hydrogen) atoms. The first kappa shape index (κ1) is 48.7. The third-order valence-corrected chi connectivity index (χ3v) is 9.38. The van der Waals surface area contributed by atoms with Gasteiger partial charge in [-0.1, -0.05) is 127 Å². The molecule has 2 unspecified atom stereocenters. The zero-order valence-corrected chi connectivity index (χ0v) is 34.0. The molecular weight excluding hydrogens is 649 g/mol. The summed E-state index contributed by atoms with van der Waals surface area (Å²) in [5.74, 6) is -0.349. The molecule has 0 N–H and O–H groups in total. The third-order valence-electron chi connectivity index (χ3n) is 8.41. The second kappa shape index (κ2) is 34.8. The normalized spacial score (nSPS) is 14.3. The van der Waals surface area contributed by atoms with Crippen molar-refractivity contribution in [2.24, 2.45) is 0 Å². The van der Waals surface area contributed by atoms with Gasteiger partial charge in [-0.25, -0.2) is 0 Å². The van der Waals surface area contributed by atoms with Crippen molar-refractivity contribution in [2.45, 2.75) is 168 Å². The largest absolute Gasteiger partial charge is 0.756 e. The second-order valence-corrected chi connectivity index (χ2v) is 16.0. The molecule has 2 atom stereocenters. The van der Waals surface area contributed by atoms with Gasteiger partial charge in [0.05, 0.1) is 34.4 Å². The van der Waals surface area contributed by atoms with E-state index in [1.165, 1.54) is 77.0 Å². The quantitative estimate of drug-likeness (QED) is 0.0207. The lowest BCUT2D eigenvalue weighted by atomic mass is 10.1. The van der Waals surface area contributed by atoms with Crippen molar-refractivity contribution in [3.05, 3.63) is 36.5 Å². The fraction of sp³-hybridized carbons (Fsp3) is 0.829. The first-order valence-electron chi connectivity index (χ1n) is 20.2. The van der Waals surface area contributed by atoms with Crippen LogP contribution in [-0.2, 0) is 27.9 Å². The average molecular weight is 728 g/mol. The van der Waals surface area contributed by atoms with Crippen molar-refractivity contribution in [1.82, 2.24) is 0 Å². The van der Waals surface area contributed by atoms with E-state index in [1.54, 1.807) is 0 Å². The minimum Gasteiger partial charge on any atom is -0.756 e. The fourth-order valence-corrected chi connectivity index (χ4v) is 5.93. The molecule has 0 radical (unpaired) electrons. The molecule has 0 saturated heterocycles. The Balaban J connectivity index is 4.31. The number of carbonyl (C=O) groups excluding carboxylic acids is 1. The number of ether oxygens (including phenoxy) is 2. The van der Waals surface area contributed by atoms with Gasteiger partial charge in [0.25, 0.3) is 7.82 Å². The highest BCUT2D eigenvalue weighted by Gasteiger charge is 2.20. The molecule has 0 amide bonds. The summed E-state index contributed by atoms with van der Waals surface area (Å²) in [6.07, 6.45) is 38.6. The Kier molecular flexibility index (Phi) is 33.9. The summed E-state index contributed by atoms with van der Waals surface area (Å²) in [6, 6.07) is 0. The standard InChI is InChI=1S/C41H78NO7P/c1-6-8-10-12-14-16-18-20-21-23-25-27-29-31-33-36-46-38-40(39-48-50(44,45)47-37-35-42(3,4)5)49-41(43)34-32-30-28-26-24-22-19-17-15-13-11-9-7-2/h12,14,17-20,40H,6-11,13,15-16,21-39H2,1-5H3/b14-12-,19-17-,20-18-. The minimum absolute atomic E-state index is 0.0219. The maximum absolute atomic E-state index is 12.6. The van der Waals surface area contributed by atoms with Gasteiger partial charge in [-0.15, -0.1) is 0 Å². The maximum atomic E-state index is 12.6. The molecule has 294 valence electrons. The number of unbranched alkanes of at least 4 members (excludes halogenated alkanes) is 17. The first-order chi connectivity index (χ1) is 24.1. The number of hydrogen-bond donors (Lipinski definition) is 0. The molecule has 0 aromatic carbocycles. The molecule has 0 saturated carbocycles. The maximum Gasteiger partial charge on any atom is 0.306 e. The van der Waals surface area contributed by atoms with Crippen LogP contribution in [0.1, 0.15) is 162 Å². The zero-order valence-electron chi connectivity index (χ0n) is 33.1. The number of likely N-dealkylation sites (N-methyl/N-ethyl adjacent to an activating group) is 1. The lowest BCUT2D eigenvalue weighted by Gasteiger charge is -2.28. The van der Waals surface area contributed by atoms with E-state index in [4.69, 9.17) is 18.5 Å². The summed E-state index contributed by atoms with van der Waals surface area (Å²) < 4.78 is 34.5. The molecule has 0 bridgehead atoms. The van der Waals surface area contributed by atoms with Gasteiger partial charge < -0.3 is 27.9 Å². The van der Waals surface area contributed by atoms with Gasteiger partial charge in [0, 0.05) is 13.0 Å². The highest BCUT2D eigenvalue weighted by atomic mass is 31.2. The number of hydrogen-bond acceptors (Lipinski definition) is 7. The van der Waals surface area contributed by atoms with Gasteiger partial charge in [-0.3, -0.25) is 9.36 Å². The summed E-state index contributed by atoms with van der Waals surface area (Å²) >= 11 is 0. The Hall–Kier alpha value is -1.28. The van der Waals surface area contributed by atoms with E-state index in [2.05, 4.69) is 50.3 Å². The van der Waals surface area contributed by atoms with E-state index in [-0.39, 0.29) is 25.8 Å². The molecule has 9 heteroatoms. The molecule has 0 aliphatic rings. The van der Waals surface area contributed by atoms with Crippen LogP contribution in [0.15, 0.2) is 36.5 Å². The fourth-order valence-electron chi connectivity index (χ4n) is 5.20. The van der Waals surface area contributed by atoms with Crippen LogP contribution in [0.2, 0.25) is 0 Å². The molecule has 0 aliphatic carbocycles. The molecular formula is C41H78NO7P. The van der Waals surface area contributed by atoms with E-state index in [0.29, 0.717) is 24.1 Å². The van der Waals surface area contributed by atoms with Crippen LogP contribution in [-0.4, -0.2) is 70.7 Å². The van der Waals surface area contributed by atoms with E-state index >= 15 is 0 Å². The second-order valence-electron chi connectivity index (χ2n) is 14.6. The number of phosphoric acid groups is 1. The molecule has 0 aliphatic heterocycles. The number of quaternary nitrogens is 1. The number of rotatable bonds is 37. The third kappa shape index (κ3) is 38.0. The molecule has 0 rings (SSSR count). The van der Waals surface area contributed by atoms with E-state index in [9.17, 15) is 14.3 Å². The smallest absolute Gasteiger partial charge is 0.306 e. The van der Waals surface area contributed by atoms with Crippen molar-refractivity contribution >= 4 is 13.8 Å². The Labute approximate surface area is 308 Å². The Bertz CT molecular complexity index is 900. The number of nitrogens with zero attached hydrogens (tertiary/aromatic N) is 1. The SMILES string of the molecule is CCCC/C=C\C/C=C\CCCCCCCCOCC(COP(=O)([O-])OCC[N+](C)(C)C)OC(=O)CCCCCCC/C=C\CCCCCC. The predicted octanol–water partition coefficient (Wildman–Crippen LogP) is 10.8. The van der Waals surface area contributed by atoms with Crippen LogP contribution in [0.25, 0.3) is 0 Å². The average Bonchev–Trinajstić information content (AvgIpc) is 3.06. The summed E-state index contributed by atoms with van der Waals surface area (Å²) in [4.78, 5) is 24.9. The van der Waals surface area contributed by atoms with E-state index < -0.39 is 13.9 Å². The first-order valence-corrected chi connectivity index (χ1v) is 21.7. The lowest BCUT2D eigenvalue weighted by Crippen LogP contribution is -2.37. The van der Waals surface area contributed by atoms with Crippen molar-refractivity contribution in [3.8, 4) is 0 Å². The van der Waals surface area contributed by atoms with Crippen molar-refractivity contribution < 1.29 is 37.3 Å². The van der Waals surface area contributed by atoms with Gasteiger partial charge in [0.2, 0.25) is 0 Å². The molecule has 0 spiro atoms. The topological polar surface area (TPSA) is 94.1 Å². The molecule has 8 nitrogen and oxygen atoms in total. The number of esters is 1. The monoisotopic (exact) mass is 728 g/mol. The van der Waals surface area contributed by atoms with Crippen LogP contribution < -0.4 is 4.89 Å².